The molecule has 1 unspecified atom stereocenters. The minimum atomic E-state index is -0.957. The zero-order valence-electron chi connectivity index (χ0n) is 12.5. The molecule has 0 bridgehead atoms. The van der Waals surface area contributed by atoms with Crippen LogP contribution >= 0.6 is 11.8 Å². The van der Waals surface area contributed by atoms with Crippen molar-refractivity contribution >= 4 is 29.1 Å². The number of hydrogen-bond donors (Lipinski definition) is 3. The summed E-state index contributed by atoms with van der Waals surface area (Å²) in [6.45, 7) is 4.64. The predicted octanol–water partition coefficient (Wildman–Crippen LogP) is 2.34. The van der Waals surface area contributed by atoms with E-state index >= 15 is 0 Å². The normalized spacial score (nSPS) is 13.5. The number of aliphatic hydroxyl groups is 1. The van der Waals surface area contributed by atoms with Crippen molar-refractivity contribution in [3.8, 4) is 0 Å². The summed E-state index contributed by atoms with van der Waals surface area (Å²) in [6, 6.07) is 3.00. The Morgan fingerprint density at radius 2 is 2.19 bits per heavy atom. The molecule has 0 radical (unpaired) electrons. The third-order valence-corrected chi connectivity index (χ3v) is 3.63. The lowest BCUT2D eigenvalue weighted by Gasteiger charge is -2.22. The van der Waals surface area contributed by atoms with Crippen LogP contribution in [0, 0.1) is 10.1 Å². The standard InChI is InChI=1S/C13H22N4O3S/c1-4-7-14-11-6-5-10(17(19)20)12(16-11)15-8-13(2,18)9-21-3/h5-6,18H,4,7-9H2,1-3H3,(H2,14,15,16). The molecule has 1 aromatic heterocycles. The van der Waals surface area contributed by atoms with Gasteiger partial charge in [-0.15, -0.1) is 0 Å². The first-order valence-electron chi connectivity index (χ1n) is 6.74. The van der Waals surface area contributed by atoms with Gasteiger partial charge in [0, 0.05) is 24.9 Å². The van der Waals surface area contributed by atoms with Crippen molar-refractivity contribution in [3.63, 3.8) is 0 Å². The maximum atomic E-state index is 11.0. The van der Waals surface area contributed by atoms with E-state index in [1.807, 2.05) is 13.2 Å². The fourth-order valence-corrected chi connectivity index (χ4v) is 2.44. The number of hydrogen-bond acceptors (Lipinski definition) is 7. The maximum absolute atomic E-state index is 11.0. The smallest absolute Gasteiger partial charge is 0.311 e. The van der Waals surface area contributed by atoms with Gasteiger partial charge in [-0.05, 0) is 25.7 Å². The molecule has 1 aromatic rings. The fraction of sp³-hybridized carbons (Fsp3) is 0.615. The third-order valence-electron chi connectivity index (χ3n) is 2.72. The van der Waals surface area contributed by atoms with Crippen LogP contribution in [0.1, 0.15) is 20.3 Å². The van der Waals surface area contributed by atoms with Crippen LogP contribution in [0.25, 0.3) is 0 Å². The largest absolute Gasteiger partial charge is 0.387 e. The second kappa shape index (κ2) is 8.04. The van der Waals surface area contributed by atoms with Crippen molar-refractivity contribution in [2.24, 2.45) is 0 Å². The van der Waals surface area contributed by atoms with Gasteiger partial charge in [0.1, 0.15) is 5.82 Å². The lowest BCUT2D eigenvalue weighted by molar-refractivity contribution is -0.384. The summed E-state index contributed by atoms with van der Waals surface area (Å²) in [5, 5.41) is 27.1. The summed E-state index contributed by atoms with van der Waals surface area (Å²) in [4.78, 5) is 14.8. The monoisotopic (exact) mass is 314 g/mol. The van der Waals surface area contributed by atoms with E-state index in [0.717, 1.165) is 13.0 Å². The first kappa shape index (κ1) is 17.5. The van der Waals surface area contributed by atoms with Crippen LogP contribution in [0.2, 0.25) is 0 Å². The Bertz CT molecular complexity index is 482. The summed E-state index contributed by atoms with van der Waals surface area (Å²) in [5.41, 5.74) is -1.06. The molecule has 0 saturated heterocycles. The summed E-state index contributed by atoms with van der Waals surface area (Å²) in [7, 11) is 0. The van der Waals surface area contributed by atoms with Gasteiger partial charge in [-0.2, -0.15) is 11.8 Å². The molecule has 21 heavy (non-hydrogen) atoms. The molecule has 0 aromatic carbocycles. The minimum Gasteiger partial charge on any atom is -0.387 e. The van der Waals surface area contributed by atoms with Crippen molar-refractivity contribution in [2.45, 2.75) is 25.9 Å². The Morgan fingerprint density at radius 3 is 2.76 bits per heavy atom. The van der Waals surface area contributed by atoms with Gasteiger partial charge in [-0.1, -0.05) is 6.92 Å². The van der Waals surface area contributed by atoms with Crippen LogP contribution in [0.4, 0.5) is 17.3 Å². The van der Waals surface area contributed by atoms with Crippen LogP contribution in [0.3, 0.4) is 0 Å². The Morgan fingerprint density at radius 1 is 1.48 bits per heavy atom. The molecule has 1 rings (SSSR count). The Labute approximate surface area is 128 Å². The minimum absolute atomic E-state index is 0.1000. The van der Waals surface area contributed by atoms with Gasteiger partial charge in [0.2, 0.25) is 5.82 Å². The van der Waals surface area contributed by atoms with E-state index in [4.69, 9.17) is 0 Å². The van der Waals surface area contributed by atoms with E-state index in [-0.39, 0.29) is 18.1 Å². The summed E-state index contributed by atoms with van der Waals surface area (Å²) in [6.07, 6.45) is 2.83. The van der Waals surface area contributed by atoms with E-state index in [1.165, 1.54) is 17.8 Å². The molecular formula is C13H22N4O3S. The van der Waals surface area contributed by atoms with Gasteiger partial charge in [0.25, 0.3) is 0 Å². The van der Waals surface area contributed by atoms with Crippen LogP contribution < -0.4 is 10.6 Å². The lowest BCUT2D eigenvalue weighted by Crippen LogP contribution is -2.36. The number of nitrogens with zero attached hydrogens (tertiary/aromatic N) is 2. The molecule has 7 nitrogen and oxygen atoms in total. The summed E-state index contributed by atoms with van der Waals surface area (Å²) >= 11 is 1.51. The van der Waals surface area contributed by atoms with E-state index in [1.54, 1.807) is 13.0 Å². The van der Waals surface area contributed by atoms with Gasteiger partial charge in [-0.3, -0.25) is 10.1 Å². The summed E-state index contributed by atoms with van der Waals surface area (Å²) in [5.74, 6) is 1.28. The Balaban J connectivity index is 2.88. The van der Waals surface area contributed by atoms with Crippen LogP contribution in [0.15, 0.2) is 12.1 Å². The van der Waals surface area contributed by atoms with Gasteiger partial charge < -0.3 is 15.7 Å². The number of pyridine rings is 1. The number of aromatic nitrogens is 1. The van der Waals surface area contributed by atoms with Gasteiger partial charge in [0.05, 0.1) is 10.5 Å². The highest BCUT2D eigenvalue weighted by atomic mass is 32.2. The molecule has 0 aliphatic carbocycles. The van der Waals surface area contributed by atoms with Crippen molar-refractivity contribution in [2.75, 3.05) is 35.7 Å². The maximum Gasteiger partial charge on any atom is 0.311 e. The van der Waals surface area contributed by atoms with Crippen LogP contribution in [-0.4, -0.2) is 45.7 Å². The number of anilines is 2. The second-order valence-electron chi connectivity index (χ2n) is 5.03. The predicted molar refractivity (Wildman–Crippen MR) is 87.2 cm³/mol. The van der Waals surface area contributed by atoms with E-state index in [2.05, 4.69) is 15.6 Å². The zero-order chi connectivity index (χ0) is 15.9. The molecule has 0 spiro atoms. The second-order valence-corrected chi connectivity index (χ2v) is 5.90. The highest BCUT2D eigenvalue weighted by molar-refractivity contribution is 7.98. The van der Waals surface area contributed by atoms with Gasteiger partial charge in [-0.25, -0.2) is 4.98 Å². The number of thioether (sulfide) groups is 1. The van der Waals surface area contributed by atoms with E-state index in [0.29, 0.717) is 11.6 Å². The number of nitrogens with one attached hydrogen (secondary N) is 2. The molecule has 1 atom stereocenters. The number of nitro groups is 1. The average Bonchev–Trinajstić information content (AvgIpc) is 2.42. The molecule has 0 aliphatic rings. The molecule has 1 heterocycles. The molecule has 3 N–H and O–H groups in total. The molecular weight excluding hydrogens is 292 g/mol. The molecule has 118 valence electrons. The molecule has 0 aliphatic heterocycles. The van der Waals surface area contributed by atoms with Crippen LogP contribution in [0.5, 0.6) is 0 Å². The number of rotatable bonds is 9. The van der Waals surface area contributed by atoms with Crippen molar-refractivity contribution < 1.29 is 10.0 Å². The zero-order valence-corrected chi connectivity index (χ0v) is 13.4. The molecule has 0 fully saturated rings. The molecule has 0 amide bonds. The quantitative estimate of drug-likeness (QED) is 0.475. The highest BCUT2D eigenvalue weighted by Crippen LogP contribution is 2.25. The average molecular weight is 314 g/mol. The fourth-order valence-electron chi connectivity index (χ4n) is 1.72. The lowest BCUT2D eigenvalue weighted by atomic mass is 10.1. The van der Waals surface area contributed by atoms with Crippen molar-refractivity contribution in [1.29, 1.82) is 0 Å². The molecule has 0 saturated carbocycles. The SMILES string of the molecule is CCCNc1ccc([N+](=O)[O-])c(NCC(C)(O)CSC)n1. The van der Waals surface area contributed by atoms with E-state index < -0.39 is 10.5 Å². The first-order chi connectivity index (χ1) is 9.89. The topological polar surface area (TPSA) is 100 Å². The Hall–Kier alpha value is -1.54. The third kappa shape index (κ3) is 5.76. The van der Waals surface area contributed by atoms with Gasteiger partial charge >= 0.3 is 5.69 Å². The summed E-state index contributed by atoms with van der Waals surface area (Å²) < 4.78 is 0. The molecule has 8 heteroatoms. The van der Waals surface area contributed by atoms with Crippen LogP contribution in [-0.2, 0) is 0 Å². The Kier molecular flexibility index (Phi) is 6.70. The first-order valence-corrected chi connectivity index (χ1v) is 8.13. The van der Waals surface area contributed by atoms with Gasteiger partial charge in [0.15, 0.2) is 0 Å². The highest BCUT2D eigenvalue weighted by Gasteiger charge is 2.22. The van der Waals surface area contributed by atoms with E-state index in [9.17, 15) is 15.2 Å². The van der Waals surface area contributed by atoms with Crippen molar-refractivity contribution in [1.82, 2.24) is 4.98 Å². The van der Waals surface area contributed by atoms with Crippen molar-refractivity contribution in [3.05, 3.63) is 22.2 Å².